The molecule has 0 bridgehead atoms. The van der Waals surface area contributed by atoms with Gasteiger partial charge in [-0.3, -0.25) is 9.59 Å². The summed E-state index contributed by atoms with van der Waals surface area (Å²) in [5.74, 6) is 1.82. The van der Waals surface area contributed by atoms with Crippen LogP contribution in [0.15, 0.2) is 59.1 Å². The third-order valence-electron chi connectivity index (χ3n) is 6.30. The van der Waals surface area contributed by atoms with Gasteiger partial charge in [0.05, 0.1) is 5.92 Å². The Morgan fingerprint density at radius 3 is 2.51 bits per heavy atom. The lowest BCUT2D eigenvalue weighted by atomic mass is 10.1. The maximum atomic E-state index is 12.8. The van der Waals surface area contributed by atoms with E-state index in [0.717, 1.165) is 46.4 Å². The van der Waals surface area contributed by atoms with Gasteiger partial charge in [-0.15, -0.1) is 0 Å². The molecule has 5 rings (SSSR count). The lowest BCUT2D eigenvalue weighted by Crippen LogP contribution is -2.28. The number of hydrogen-bond acceptors (Lipinski definition) is 6. The van der Waals surface area contributed by atoms with Crippen LogP contribution in [0, 0.1) is 12.8 Å². The van der Waals surface area contributed by atoms with E-state index >= 15 is 0 Å². The number of aryl methyl sites for hydroxylation is 1. The molecule has 3 heterocycles. The fourth-order valence-corrected chi connectivity index (χ4v) is 4.92. The second-order valence-corrected chi connectivity index (χ2v) is 9.85. The minimum absolute atomic E-state index is 0.0451. The maximum absolute atomic E-state index is 12.8. The monoisotopic (exact) mass is 534 g/mol. The van der Waals surface area contributed by atoms with Crippen LogP contribution in [0.25, 0.3) is 0 Å². The van der Waals surface area contributed by atoms with Crippen molar-refractivity contribution in [2.24, 2.45) is 5.92 Å². The average molecular weight is 535 g/mol. The number of rotatable bonds is 6. The van der Waals surface area contributed by atoms with E-state index in [-0.39, 0.29) is 18.2 Å². The van der Waals surface area contributed by atoms with Crippen LogP contribution in [0.4, 0.5) is 28.7 Å². The van der Waals surface area contributed by atoms with Crippen LogP contribution in [0.5, 0.6) is 0 Å². The minimum Gasteiger partial charge on any atom is -0.356 e. The number of aromatic nitrogens is 2. The van der Waals surface area contributed by atoms with Crippen molar-refractivity contribution < 1.29 is 9.59 Å². The minimum atomic E-state index is -0.396. The van der Waals surface area contributed by atoms with Gasteiger partial charge in [-0.2, -0.15) is 0 Å². The highest BCUT2D eigenvalue weighted by atomic mass is 79.9. The first kappa shape index (κ1) is 23.3. The lowest BCUT2D eigenvalue weighted by molar-refractivity contribution is -0.122. The quantitative estimate of drug-likeness (QED) is 0.468. The van der Waals surface area contributed by atoms with Gasteiger partial charge in [-0.25, -0.2) is 9.97 Å². The van der Waals surface area contributed by atoms with E-state index in [9.17, 15) is 9.59 Å². The number of hydrogen-bond donors (Lipinski definition) is 2. The molecular weight excluding hydrogens is 508 g/mol. The van der Waals surface area contributed by atoms with E-state index in [2.05, 4.69) is 41.4 Å². The van der Waals surface area contributed by atoms with Gasteiger partial charge < -0.3 is 20.4 Å². The van der Waals surface area contributed by atoms with Crippen LogP contribution in [-0.4, -0.2) is 41.4 Å². The Morgan fingerprint density at radius 2 is 1.77 bits per heavy atom. The summed E-state index contributed by atoms with van der Waals surface area (Å²) in [6.07, 6.45) is 2.58. The number of nitrogens with zero attached hydrogens (tertiary/aromatic N) is 4. The second-order valence-electron chi connectivity index (χ2n) is 8.93. The SMILES string of the molecule is Cc1nc(Nc2ccc(NC(=O)C3CC(=O)N(c4cccc(Br)c4)C3)cc2)cc(N2CCCC2)n1. The Morgan fingerprint density at radius 1 is 1.03 bits per heavy atom. The fraction of sp³-hybridized carbons (Fsp3) is 0.308. The number of halogens is 1. The lowest BCUT2D eigenvalue weighted by Gasteiger charge is -2.18. The van der Waals surface area contributed by atoms with Gasteiger partial charge in [0.25, 0.3) is 0 Å². The normalized spacial score (nSPS) is 17.7. The molecule has 35 heavy (non-hydrogen) atoms. The molecule has 2 saturated heterocycles. The molecule has 2 fully saturated rings. The highest BCUT2D eigenvalue weighted by Gasteiger charge is 2.35. The molecule has 1 atom stereocenters. The zero-order chi connectivity index (χ0) is 24.4. The molecule has 180 valence electrons. The van der Waals surface area contributed by atoms with E-state index in [4.69, 9.17) is 0 Å². The van der Waals surface area contributed by atoms with Crippen molar-refractivity contribution in [1.82, 2.24) is 9.97 Å². The zero-order valence-corrected chi connectivity index (χ0v) is 21.1. The van der Waals surface area contributed by atoms with Crippen molar-refractivity contribution in [3.05, 3.63) is 64.9 Å². The summed E-state index contributed by atoms with van der Waals surface area (Å²) in [7, 11) is 0. The van der Waals surface area contributed by atoms with Gasteiger partial charge in [0.2, 0.25) is 11.8 Å². The van der Waals surface area contributed by atoms with Crippen LogP contribution in [0.3, 0.4) is 0 Å². The van der Waals surface area contributed by atoms with Gasteiger partial charge in [-0.05, 0) is 62.2 Å². The summed E-state index contributed by atoms with van der Waals surface area (Å²) in [4.78, 5) is 38.4. The summed E-state index contributed by atoms with van der Waals surface area (Å²) >= 11 is 3.43. The van der Waals surface area contributed by atoms with Gasteiger partial charge >= 0.3 is 0 Å². The average Bonchev–Trinajstić information content (AvgIpc) is 3.50. The molecule has 2 aliphatic rings. The van der Waals surface area contributed by atoms with Gasteiger partial charge in [0.15, 0.2) is 0 Å². The van der Waals surface area contributed by atoms with Crippen molar-refractivity contribution in [1.29, 1.82) is 0 Å². The van der Waals surface area contributed by atoms with Crippen LogP contribution < -0.4 is 20.4 Å². The molecule has 1 aromatic heterocycles. The number of nitrogens with one attached hydrogen (secondary N) is 2. The van der Waals surface area contributed by atoms with Gasteiger partial charge in [0, 0.05) is 53.7 Å². The van der Waals surface area contributed by atoms with E-state index in [1.165, 1.54) is 12.8 Å². The molecule has 3 aromatic rings. The Hall–Kier alpha value is -3.46. The Labute approximate surface area is 212 Å². The van der Waals surface area contributed by atoms with Crippen molar-refractivity contribution >= 4 is 56.4 Å². The smallest absolute Gasteiger partial charge is 0.229 e. The summed E-state index contributed by atoms with van der Waals surface area (Å²) < 4.78 is 0.897. The molecular formula is C26H27BrN6O2. The molecule has 2 aromatic carbocycles. The van der Waals surface area contributed by atoms with E-state index in [1.807, 2.05) is 61.5 Å². The highest BCUT2D eigenvalue weighted by molar-refractivity contribution is 9.10. The number of carbonyl (C=O) groups is 2. The second kappa shape index (κ2) is 10.0. The number of benzene rings is 2. The van der Waals surface area contributed by atoms with Crippen molar-refractivity contribution in [2.75, 3.05) is 40.1 Å². The molecule has 1 unspecified atom stereocenters. The summed E-state index contributed by atoms with van der Waals surface area (Å²) in [5.41, 5.74) is 2.35. The molecule has 0 radical (unpaired) electrons. The van der Waals surface area contributed by atoms with Crippen LogP contribution in [-0.2, 0) is 9.59 Å². The topological polar surface area (TPSA) is 90.5 Å². The van der Waals surface area contributed by atoms with E-state index in [0.29, 0.717) is 12.2 Å². The first-order chi connectivity index (χ1) is 16.9. The van der Waals surface area contributed by atoms with E-state index in [1.54, 1.807) is 4.90 Å². The van der Waals surface area contributed by atoms with Crippen molar-refractivity contribution in [3.63, 3.8) is 0 Å². The third-order valence-corrected chi connectivity index (χ3v) is 6.79. The maximum Gasteiger partial charge on any atom is 0.229 e. The van der Waals surface area contributed by atoms with Crippen molar-refractivity contribution in [2.45, 2.75) is 26.2 Å². The molecule has 2 amide bonds. The first-order valence-electron chi connectivity index (χ1n) is 11.8. The van der Waals surface area contributed by atoms with Crippen LogP contribution in [0.2, 0.25) is 0 Å². The fourth-order valence-electron chi connectivity index (χ4n) is 4.53. The zero-order valence-electron chi connectivity index (χ0n) is 19.5. The Bertz CT molecular complexity index is 1240. The first-order valence-corrected chi connectivity index (χ1v) is 12.6. The summed E-state index contributed by atoms with van der Waals surface area (Å²) in [6, 6.07) is 17.0. The number of amides is 2. The molecule has 0 saturated carbocycles. The summed E-state index contributed by atoms with van der Waals surface area (Å²) in [5, 5.41) is 6.28. The predicted molar refractivity (Wildman–Crippen MR) is 141 cm³/mol. The molecule has 0 spiro atoms. The number of carbonyl (C=O) groups excluding carboxylic acids is 2. The third kappa shape index (κ3) is 5.45. The Balaban J connectivity index is 1.20. The van der Waals surface area contributed by atoms with Crippen molar-refractivity contribution in [3.8, 4) is 0 Å². The van der Waals surface area contributed by atoms with Crippen LogP contribution in [0.1, 0.15) is 25.1 Å². The molecule has 0 aliphatic carbocycles. The van der Waals surface area contributed by atoms with Gasteiger partial charge in [0.1, 0.15) is 17.5 Å². The standard InChI is InChI=1S/C26H27BrN6O2/c1-17-28-23(15-24(29-17)32-11-2-3-12-32)30-20-7-9-21(10-8-20)31-26(35)18-13-25(34)33(16-18)22-6-4-5-19(27)14-22/h4-10,14-15,18H,2-3,11-13,16H2,1H3,(H,31,35)(H,28,29,30). The summed E-state index contributed by atoms with van der Waals surface area (Å²) in [6.45, 7) is 4.32. The molecule has 2 N–H and O–H groups in total. The highest BCUT2D eigenvalue weighted by Crippen LogP contribution is 2.28. The molecule has 9 heteroatoms. The van der Waals surface area contributed by atoms with E-state index < -0.39 is 5.92 Å². The largest absolute Gasteiger partial charge is 0.356 e. The molecule has 2 aliphatic heterocycles. The van der Waals surface area contributed by atoms with Gasteiger partial charge in [-0.1, -0.05) is 22.0 Å². The Kier molecular flexibility index (Phi) is 6.68. The number of anilines is 5. The predicted octanol–water partition coefficient (Wildman–Crippen LogP) is 4.88. The molecule has 8 nitrogen and oxygen atoms in total. The van der Waals surface area contributed by atoms with Crippen LogP contribution >= 0.6 is 15.9 Å².